The number of nitrogens with one attached hydrogen (secondary N) is 1. The average molecular weight is 393 g/mol. The SMILES string of the molecule is CCOc1ccc(C(C)=O)cc1S(=O)(=O)NC(=O)C(N)CC(C)C.Cl. The van der Waals surface area contributed by atoms with Gasteiger partial charge in [0.25, 0.3) is 15.9 Å². The van der Waals surface area contributed by atoms with Gasteiger partial charge in [0.15, 0.2) is 5.78 Å². The molecule has 1 amide bonds. The molecule has 0 spiro atoms. The summed E-state index contributed by atoms with van der Waals surface area (Å²) < 4.78 is 32.3. The van der Waals surface area contributed by atoms with Gasteiger partial charge in [0.2, 0.25) is 0 Å². The molecule has 0 heterocycles. The molecule has 0 aliphatic carbocycles. The highest BCUT2D eigenvalue weighted by Crippen LogP contribution is 2.25. The minimum absolute atomic E-state index is 0. The summed E-state index contributed by atoms with van der Waals surface area (Å²) in [5.74, 6) is -0.870. The summed E-state index contributed by atoms with van der Waals surface area (Å²) in [5.41, 5.74) is 5.92. The van der Waals surface area contributed by atoms with E-state index in [2.05, 4.69) is 0 Å². The Hall–Kier alpha value is -1.64. The predicted octanol–water partition coefficient (Wildman–Crippen LogP) is 1.89. The van der Waals surface area contributed by atoms with Crippen molar-refractivity contribution in [1.29, 1.82) is 0 Å². The molecule has 0 bridgehead atoms. The topological polar surface area (TPSA) is 116 Å². The highest BCUT2D eigenvalue weighted by molar-refractivity contribution is 7.90. The summed E-state index contributed by atoms with van der Waals surface area (Å²) in [7, 11) is -4.21. The zero-order valence-electron chi connectivity index (χ0n) is 14.7. The molecule has 0 radical (unpaired) electrons. The fourth-order valence-corrected chi connectivity index (χ4v) is 3.29. The third-order valence-corrected chi connectivity index (χ3v) is 4.60. The average Bonchev–Trinajstić information content (AvgIpc) is 2.46. The third-order valence-electron chi connectivity index (χ3n) is 3.24. The number of ketones is 1. The van der Waals surface area contributed by atoms with Crippen LogP contribution < -0.4 is 15.2 Å². The Bertz CT molecular complexity index is 719. The van der Waals surface area contributed by atoms with E-state index in [9.17, 15) is 18.0 Å². The summed E-state index contributed by atoms with van der Waals surface area (Å²) in [5, 5.41) is 0. The molecule has 0 fully saturated rings. The van der Waals surface area contributed by atoms with Gasteiger partial charge in [-0.3, -0.25) is 9.59 Å². The molecule has 0 aliphatic heterocycles. The van der Waals surface area contributed by atoms with Gasteiger partial charge in [0, 0.05) is 5.56 Å². The fourth-order valence-electron chi connectivity index (χ4n) is 2.09. The van der Waals surface area contributed by atoms with Crippen LogP contribution in [0.4, 0.5) is 0 Å². The molecule has 142 valence electrons. The smallest absolute Gasteiger partial charge is 0.267 e. The first kappa shape index (κ1) is 23.4. The second-order valence-corrected chi connectivity index (χ2v) is 7.51. The number of ether oxygens (including phenoxy) is 1. The zero-order chi connectivity index (χ0) is 18.5. The van der Waals surface area contributed by atoms with E-state index in [-0.39, 0.29) is 46.9 Å². The number of sulfonamides is 1. The van der Waals surface area contributed by atoms with E-state index in [1.54, 1.807) is 6.92 Å². The van der Waals surface area contributed by atoms with Crippen LogP contribution in [-0.2, 0) is 14.8 Å². The lowest BCUT2D eigenvalue weighted by Gasteiger charge is -2.16. The van der Waals surface area contributed by atoms with Gasteiger partial charge in [0.1, 0.15) is 10.6 Å². The van der Waals surface area contributed by atoms with Crippen molar-refractivity contribution in [2.24, 2.45) is 11.7 Å². The first-order valence-electron chi connectivity index (χ1n) is 7.68. The number of carbonyl (C=O) groups is 2. The number of nitrogens with two attached hydrogens (primary N) is 1. The molecule has 25 heavy (non-hydrogen) atoms. The summed E-state index contributed by atoms with van der Waals surface area (Å²) in [4.78, 5) is 23.3. The summed E-state index contributed by atoms with van der Waals surface area (Å²) in [6.45, 7) is 7.02. The van der Waals surface area contributed by atoms with Crippen LogP contribution in [0.25, 0.3) is 0 Å². The Morgan fingerprint density at radius 3 is 2.36 bits per heavy atom. The lowest BCUT2D eigenvalue weighted by Crippen LogP contribution is -2.44. The molecule has 7 nitrogen and oxygen atoms in total. The quantitative estimate of drug-likeness (QED) is 0.652. The number of amides is 1. The van der Waals surface area contributed by atoms with Crippen LogP contribution in [0.3, 0.4) is 0 Å². The molecular weight excluding hydrogens is 368 g/mol. The Morgan fingerprint density at radius 1 is 1.28 bits per heavy atom. The molecule has 9 heteroatoms. The van der Waals surface area contributed by atoms with Crippen LogP contribution in [0, 0.1) is 5.92 Å². The number of hydrogen-bond donors (Lipinski definition) is 2. The molecule has 1 aromatic rings. The minimum Gasteiger partial charge on any atom is -0.492 e. The van der Waals surface area contributed by atoms with Crippen molar-refractivity contribution >= 4 is 34.1 Å². The second-order valence-electron chi connectivity index (χ2n) is 5.86. The number of halogens is 1. The molecule has 0 aliphatic rings. The van der Waals surface area contributed by atoms with E-state index >= 15 is 0 Å². The Morgan fingerprint density at radius 2 is 1.88 bits per heavy atom. The van der Waals surface area contributed by atoms with Crippen LogP contribution in [-0.4, -0.2) is 32.8 Å². The van der Waals surface area contributed by atoms with Gasteiger partial charge in [-0.1, -0.05) is 13.8 Å². The number of rotatable bonds is 8. The lowest BCUT2D eigenvalue weighted by atomic mass is 10.0. The highest BCUT2D eigenvalue weighted by atomic mass is 35.5. The van der Waals surface area contributed by atoms with Gasteiger partial charge in [-0.15, -0.1) is 12.4 Å². The minimum atomic E-state index is -4.21. The van der Waals surface area contributed by atoms with E-state index < -0.39 is 22.0 Å². The van der Waals surface area contributed by atoms with Crippen LogP contribution in [0.1, 0.15) is 44.5 Å². The first-order valence-corrected chi connectivity index (χ1v) is 9.16. The zero-order valence-corrected chi connectivity index (χ0v) is 16.4. The largest absolute Gasteiger partial charge is 0.492 e. The highest BCUT2D eigenvalue weighted by Gasteiger charge is 2.26. The van der Waals surface area contributed by atoms with Crippen molar-refractivity contribution in [2.75, 3.05) is 6.61 Å². The predicted molar refractivity (Wildman–Crippen MR) is 97.6 cm³/mol. The van der Waals surface area contributed by atoms with E-state index in [4.69, 9.17) is 10.5 Å². The Kier molecular flexibility index (Phi) is 9.10. The van der Waals surface area contributed by atoms with Crippen LogP contribution in [0.15, 0.2) is 23.1 Å². The van der Waals surface area contributed by atoms with Crippen molar-refractivity contribution in [3.05, 3.63) is 23.8 Å². The second kappa shape index (κ2) is 9.74. The van der Waals surface area contributed by atoms with Gasteiger partial charge in [-0.05, 0) is 44.4 Å². The number of Topliss-reactive ketones (excluding diaryl/α,β-unsaturated/α-hetero) is 1. The number of benzene rings is 1. The maximum Gasteiger partial charge on any atom is 0.267 e. The molecule has 0 aromatic heterocycles. The molecular formula is C16H25ClN2O5S. The molecule has 1 rings (SSSR count). The Balaban J connectivity index is 0.00000576. The maximum absolute atomic E-state index is 12.5. The van der Waals surface area contributed by atoms with Crippen molar-refractivity contribution in [1.82, 2.24) is 4.72 Å². The van der Waals surface area contributed by atoms with Crippen molar-refractivity contribution < 1.29 is 22.7 Å². The molecule has 1 atom stereocenters. The van der Waals surface area contributed by atoms with Crippen molar-refractivity contribution in [3.63, 3.8) is 0 Å². The standard InChI is InChI=1S/C16H24N2O5S.ClH/c1-5-23-14-7-6-12(11(4)19)9-15(14)24(21,22)18-16(20)13(17)8-10(2)3;/h6-7,9-10,13H,5,8,17H2,1-4H3,(H,18,20);1H. The fraction of sp³-hybridized carbons (Fsp3) is 0.500. The van der Waals surface area contributed by atoms with E-state index in [1.165, 1.54) is 25.1 Å². The van der Waals surface area contributed by atoms with Crippen LogP contribution in [0.5, 0.6) is 5.75 Å². The summed E-state index contributed by atoms with van der Waals surface area (Å²) in [6.07, 6.45) is 0.354. The van der Waals surface area contributed by atoms with Crippen molar-refractivity contribution in [2.45, 2.75) is 45.1 Å². The van der Waals surface area contributed by atoms with Gasteiger partial charge >= 0.3 is 0 Å². The molecule has 1 unspecified atom stereocenters. The van der Waals surface area contributed by atoms with E-state index in [0.29, 0.717) is 6.42 Å². The van der Waals surface area contributed by atoms with Gasteiger partial charge < -0.3 is 10.5 Å². The van der Waals surface area contributed by atoms with Crippen LogP contribution in [0.2, 0.25) is 0 Å². The van der Waals surface area contributed by atoms with Gasteiger partial charge in [0.05, 0.1) is 12.6 Å². The molecule has 0 saturated carbocycles. The van der Waals surface area contributed by atoms with Crippen LogP contribution >= 0.6 is 12.4 Å². The molecule has 1 aromatic carbocycles. The van der Waals surface area contributed by atoms with E-state index in [1.807, 2.05) is 18.6 Å². The Labute approximate surface area is 154 Å². The maximum atomic E-state index is 12.5. The summed E-state index contributed by atoms with van der Waals surface area (Å²) in [6, 6.07) is 3.12. The normalized spacial score (nSPS) is 12.2. The monoisotopic (exact) mass is 392 g/mol. The third kappa shape index (κ3) is 6.64. The van der Waals surface area contributed by atoms with E-state index in [0.717, 1.165) is 0 Å². The number of carbonyl (C=O) groups excluding carboxylic acids is 2. The summed E-state index contributed by atoms with van der Waals surface area (Å²) >= 11 is 0. The molecule has 3 N–H and O–H groups in total. The first-order chi connectivity index (χ1) is 11.1. The van der Waals surface area contributed by atoms with Crippen molar-refractivity contribution in [3.8, 4) is 5.75 Å². The van der Waals surface area contributed by atoms with Gasteiger partial charge in [-0.2, -0.15) is 0 Å². The van der Waals surface area contributed by atoms with Gasteiger partial charge in [-0.25, -0.2) is 13.1 Å². The number of hydrogen-bond acceptors (Lipinski definition) is 6. The molecule has 0 saturated heterocycles. The lowest BCUT2D eigenvalue weighted by molar-refractivity contribution is -0.120.